The Labute approximate surface area is 164 Å². The van der Waals surface area contributed by atoms with Crippen LogP contribution in [0.2, 0.25) is 0 Å². The molecule has 0 spiro atoms. The molecule has 0 radical (unpaired) electrons. The Hall–Kier alpha value is -3.25. The highest BCUT2D eigenvalue weighted by Gasteiger charge is 2.17. The average molecular weight is 374 g/mol. The van der Waals surface area contributed by atoms with E-state index in [1.165, 1.54) is 0 Å². The lowest BCUT2D eigenvalue weighted by atomic mass is 10.2. The third-order valence-electron chi connectivity index (χ3n) is 4.56. The van der Waals surface area contributed by atoms with Gasteiger partial charge in [-0.1, -0.05) is 48.5 Å². The molecular formula is C22H22N4O2. The number of carbonyl (C=O) groups excluding carboxylic acids is 1. The number of anilines is 2. The van der Waals surface area contributed by atoms with Gasteiger partial charge >= 0.3 is 0 Å². The lowest BCUT2D eigenvalue weighted by Crippen LogP contribution is -2.20. The first-order chi connectivity index (χ1) is 13.8. The second-order valence-electron chi connectivity index (χ2n) is 6.66. The molecule has 28 heavy (non-hydrogen) atoms. The van der Waals surface area contributed by atoms with Crippen LogP contribution in [0, 0.1) is 0 Å². The smallest absolute Gasteiger partial charge is 0.274 e. The normalized spacial score (nSPS) is 15.9. The largest absolute Gasteiger partial charge is 0.376 e. The predicted molar refractivity (Wildman–Crippen MR) is 109 cm³/mol. The van der Waals surface area contributed by atoms with Crippen LogP contribution in [0.1, 0.15) is 23.3 Å². The van der Waals surface area contributed by atoms with E-state index < -0.39 is 0 Å². The summed E-state index contributed by atoms with van der Waals surface area (Å²) >= 11 is 0. The molecule has 1 aliphatic heterocycles. The Bertz CT molecular complexity index is 926. The van der Waals surface area contributed by atoms with Gasteiger partial charge in [-0.15, -0.1) is 0 Å². The molecule has 2 N–H and O–H groups in total. The van der Waals surface area contributed by atoms with Crippen molar-refractivity contribution in [2.75, 3.05) is 23.8 Å². The van der Waals surface area contributed by atoms with Crippen LogP contribution >= 0.6 is 0 Å². The second-order valence-corrected chi connectivity index (χ2v) is 6.66. The van der Waals surface area contributed by atoms with Gasteiger partial charge in [0, 0.05) is 30.5 Å². The van der Waals surface area contributed by atoms with Crippen LogP contribution in [0.15, 0.2) is 66.7 Å². The van der Waals surface area contributed by atoms with Crippen LogP contribution in [0.4, 0.5) is 11.5 Å². The monoisotopic (exact) mass is 374 g/mol. The molecule has 2 aromatic carbocycles. The summed E-state index contributed by atoms with van der Waals surface area (Å²) in [6.07, 6.45) is 2.29. The third-order valence-corrected chi connectivity index (χ3v) is 4.56. The highest BCUT2D eigenvalue weighted by molar-refractivity contribution is 6.03. The summed E-state index contributed by atoms with van der Waals surface area (Å²) < 4.78 is 5.66. The van der Waals surface area contributed by atoms with Crippen molar-refractivity contribution in [1.29, 1.82) is 0 Å². The molecule has 1 aromatic heterocycles. The Kier molecular flexibility index (Phi) is 5.58. The summed E-state index contributed by atoms with van der Waals surface area (Å²) in [5, 5.41) is 6.18. The lowest BCUT2D eigenvalue weighted by molar-refractivity contribution is 0.102. The molecule has 0 aliphatic carbocycles. The van der Waals surface area contributed by atoms with Gasteiger partial charge in [-0.2, -0.15) is 0 Å². The summed E-state index contributed by atoms with van der Waals surface area (Å²) in [6.45, 7) is 1.46. The van der Waals surface area contributed by atoms with E-state index in [4.69, 9.17) is 4.74 Å². The number of benzene rings is 2. The summed E-state index contributed by atoms with van der Waals surface area (Å²) in [5.74, 6) is 0.852. The minimum Gasteiger partial charge on any atom is -0.376 e. The molecular weight excluding hydrogens is 352 g/mol. The number of nitrogens with one attached hydrogen (secondary N) is 2. The number of carbonyl (C=O) groups is 1. The Balaban J connectivity index is 1.60. The van der Waals surface area contributed by atoms with Gasteiger partial charge in [0.15, 0.2) is 5.82 Å². The standard InChI is InChI=1S/C22H22N4O2/c27-22(24-17-10-5-2-6-11-17)19-14-20(23-15-18-12-7-13-28-18)26-21(25-19)16-8-3-1-4-9-16/h1-6,8-11,14,18H,7,12-13,15H2,(H,24,27)(H,23,25,26). The molecule has 4 rings (SSSR count). The van der Waals surface area contributed by atoms with Crippen LogP contribution in [0.3, 0.4) is 0 Å². The van der Waals surface area contributed by atoms with E-state index in [1.54, 1.807) is 6.07 Å². The molecule has 2 heterocycles. The second kappa shape index (κ2) is 8.63. The number of ether oxygens (including phenoxy) is 1. The molecule has 1 saturated heterocycles. The lowest BCUT2D eigenvalue weighted by Gasteiger charge is -2.13. The van der Waals surface area contributed by atoms with Gasteiger partial charge in [-0.25, -0.2) is 9.97 Å². The fourth-order valence-electron chi connectivity index (χ4n) is 3.11. The van der Waals surface area contributed by atoms with E-state index in [9.17, 15) is 4.79 Å². The number of hydrogen-bond donors (Lipinski definition) is 2. The van der Waals surface area contributed by atoms with Crippen LogP contribution in [-0.2, 0) is 4.74 Å². The van der Waals surface area contributed by atoms with Crippen LogP contribution in [0.25, 0.3) is 11.4 Å². The maximum absolute atomic E-state index is 12.8. The van der Waals surface area contributed by atoms with E-state index in [-0.39, 0.29) is 12.0 Å². The van der Waals surface area contributed by atoms with Crippen LogP contribution in [0.5, 0.6) is 0 Å². The topological polar surface area (TPSA) is 76.1 Å². The number of para-hydroxylation sites is 1. The Morgan fingerprint density at radius 3 is 2.50 bits per heavy atom. The molecule has 1 aliphatic rings. The average Bonchev–Trinajstić information content (AvgIpc) is 3.27. The predicted octanol–water partition coefficient (Wildman–Crippen LogP) is 3.99. The summed E-state index contributed by atoms with van der Waals surface area (Å²) in [4.78, 5) is 21.8. The summed E-state index contributed by atoms with van der Waals surface area (Å²) in [7, 11) is 0. The molecule has 1 unspecified atom stereocenters. The number of nitrogens with zero attached hydrogens (tertiary/aromatic N) is 2. The van der Waals surface area contributed by atoms with Crippen LogP contribution in [-0.4, -0.2) is 35.1 Å². The molecule has 142 valence electrons. The van der Waals surface area contributed by atoms with E-state index in [0.717, 1.165) is 30.7 Å². The van der Waals surface area contributed by atoms with Crippen molar-refractivity contribution in [3.05, 3.63) is 72.4 Å². The zero-order valence-electron chi connectivity index (χ0n) is 15.5. The van der Waals surface area contributed by atoms with Gasteiger partial charge in [0.2, 0.25) is 0 Å². The Morgan fingerprint density at radius 1 is 1.04 bits per heavy atom. The minimum absolute atomic E-state index is 0.178. The van der Waals surface area contributed by atoms with Gasteiger partial charge in [0.1, 0.15) is 11.5 Å². The summed E-state index contributed by atoms with van der Waals surface area (Å²) in [6, 6.07) is 20.7. The van der Waals surface area contributed by atoms with E-state index in [0.29, 0.717) is 23.9 Å². The van der Waals surface area contributed by atoms with Crippen molar-refractivity contribution in [1.82, 2.24) is 9.97 Å². The van der Waals surface area contributed by atoms with Crippen molar-refractivity contribution < 1.29 is 9.53 Å². The number of aromatic nitrogens is 2. The van der Waals surface area contributed by atoms with Crippen molar-refractivity contribution in [3.63, 3.8) is 0 Å². The quantitative estimate of drug-likeness (QED) is 0.682. The molecule has 1 atom stereocenters. The van der Waals surface area contributed by atoms with Gasteiger partial charge in [-0.3, -0.25) is 4.79 Å². The molecule has 3 aromatic rings. The van der Waals surface area contributed by atoms with Gasteiger partial charge in [0.25, 0.3) is 5.91 Å². The number of hydrogen-bond acceptors (Lipinski definition) is 5. The first-order valence-electron chi connectivity index (χ1n) is 9.44. The maximum Gasteiger partial charge on any atom is 0.274 e. The van der Waals surface area contributed by atoms with E-state index in [1.807, 2.05) is 60.7 Å². The van der Waals surface area contributed by atoms with Gasteiger partial charge < -0.3 is 15.4 Å². The Morgan fingerprint density at radius 2 is 1.79 bits per heavy atom. The zero-order chi connectivity index (χ0) is 19.2. The molecule has 1 amide bonds. The highest BCUT2D eigenvalue weighted by atomic mass is 16.5. The van der Waals surface area contributed by atoms with Gasteiger partial charge in [0.05, 0.1) is 6.10 Å². The minimum atomic E-state index is -0.272. The highest BCUT2D eigenvalue weighted by Crippen LogP contribution is 2.20. The van der Waals surface area contributed by atoms with Crippen molar-refractivity contribution >= 4 is 17.4 Å². The molecule has 6 heteroatoms. The summed E-state index contributed by atoms with van der Waals surface area (Å²) in [5.41, 5.74) is 1.89. The number of rotatable bonds is 6. The fourth-order valence-corrected chi connectivity index (χ4v) is 3.11. The SMILES string of the molecule is O=C(Nc1ccccc1)c1cc(NCC2CCCO2)nc(-c2ccccc2)n1. The van der Waals surface area contributed by atoms with Crippen molar-refractivity contribution in [3.8, 4) is 11.4 Å². The van der Waals surface area contributed by atoms with Crippen LogP contribution < -0.4 is 10.6 Å². The number of amides is 1. The van der Waals surface area contributed by atoms with Crippen molar-refractivity contribution in [2.24, 2.45) is 0 Å². The molecule has 1 fully saturated rings. The zero-order valence-corrected chi connectivity index (χ0v) is 15.5. The first-order valence-corrected chi connectivity index (χ1v) is 9.44. The molecule has 6 nitrogen and oxygen atoms in total. The van der Waals surface area contributed by atoms with E-state index >= 15 is 0 Å². The fraction of sp³-hybridized carbons (Fsp3) is 0.227. The van der Waals surface area contributed by atoms with Gasteiger partial charge in [-0.05, 0) is 25.0 Å². The molecule has 0 bridgehead atoms. The molecule has 0 saturated carbocycles. The van der Waals surface area contributed by atoms with E-state index in [2.05, 4.69) is 20.6 Å². The van der Waals surface area contributed by atoms with Crippen molar-refractivity contribution in [2.45, 2.75) is 18.9 Å². The first kappa shape index (κ1) is 18.1. The third kappa shape index (κ3) is 4.53. The maximum atomic E-state index is 12.8.